The van der Waals surface area contributed by atoms with Crippen molar-refractivity contribution in [2.24, 2.45) is 5.92 Å². The third-order valence-electron chi connectivity index (χ3n) is 5.27. The zero-order valence-corrected chi connectivity index (χ0v) is 19.6. The molecule has 1 atom stereocenters. The van der Waals surface area contributed by atoms with Gasteiger partial charge in [-0.25, -0.2) is 4.79 Å². The van der Waals surface area contributed by atoms with Crippen LogP contribution in [0.2, 0.25) is 0 Å². The number of hydrogen-bond acceptors (Lipinski definition) is 3. The molecule has 0 aliphatic heterocycles. The van der Waals surface area contributed by atoms with E-state index >= 15 is 0 Å². The first kappa shape index (κ1) is 28.0. The quantitative estimate of drug-likeness (QED) is 0.230. The molecule has 0 spiro atoms. The Kier molecular flexibility index (Phi) is 13.0. The Balaban J connectivity index is 2.52. The highest BCUT2D eigenvalue weighted by molar-refractivity contribution is 5.98. The molecule has 1 aromatic carbocycles. The number of ether oxygens (including phenoxy) is 1. The fourth-order valence-corrected chi connectivity index (χ4v) is 3.54. The van der Waals surface area contributed by atoms with Crippen LogP contribution in [0.4, 0.5) is 13.2 Å². The fraction of sp³-hybridized carbons (Fsp3) is 0.680. The van der Waals surface area contributed by atoms with Crippen LogP contribution in [-0.4, -0.2) is 24.5 Å². The van der Waals surface area contributed by atoms with Crippen LogP contribution in [0.5, 0.6) is 0 Å². The van der Waals surface area contributed by atoms with Gasteiger partial charge in [-0.2, -0.15) is 13.2 Å². The van der Waals surface area contributed by atoms with Gasteiger partial charge in [0.1, 0.15) is 6.04 Å². The molecule has 1 aromatic rings. The average Bonchev–Trinajstić information content (AvgIpc) is 2.73. The van der Waals surface area contributed by atoms with Gasteiger partial charge in [0.25, 0.3) is 5.91 Å². The summed E-state index contributed by atoms with van der Waals surface area (Å²) in [7, 11) is 0. The molecule has 0 bridgehead atoms. The Labute approximate surface area is 190 Å². The van der Waals surface area contributed by atoms with Gasteiger partial charge < -0.3 is 10.1 Å². The second-order valence-corrected chi connectivity index (χ2v) is 8.69. The maximum Gasteiger partial charge on any atom is 0.417 e. The molecule has 1 amide bonds. The fourth-order valence-electron chi connectivity index (χ4n) is 3.54. The molecule has 0 saturated carbocycles. The lowest BCUT2D eigenvalue weighted by Crippen LogP contribution is -2.43. The number of hydrogen-bond donors (Lipinski definition) is 1. The number of halogens is 3. The van der Waals surface area contributed by atoms with Crippen LogP contribution in [0, 0.1) is 5.92 Å². The monoisotopic (exact) mass is 457 g/mol. The number of esters is 1. The van der Waals surface area contributed by atoms with Crippen molar-refractivity contribution in [1.82, 2.24) is 5.32 Å². The molecule has 0 saturated heterocycles. The van der Waals surface area contributed by atoms with Crippen molar-refractivity contribution < 1.29 is 27.5 Å². The lowest BCUT2D eigenvalue weighted by molar-refractivity contribution is -0.146. The molecule has 0 aliphatic rings. The molecule has 0 aromatic heterocycles. The average molecular weight is 458 g/mol. The van der Waals surface area contributed by atoms with Crippen LogP contribution in [0.1, 0.15) is 101 Å². The van der Waals surface area contributed by atoms with Gasteiger partial charge in [0.05, 0.1) is 17.7 Å². The van der Waals surface area contributed by atoms with E-state index in [4.69, 9.17) is 4.74 Å². The van der Waals surface area contributed by atoms with Crippen molar-refractivity contribution in [3.63, 3.8) is 0 Å². The van der Waals surface area contributed by atoms with Gasteiger partial charge in [-0.15, -0.1) is 0 Å². The van der Waals surface area contributed by atoms with Gasteiger partial charge in [0.2, 0.25) is 0 Å². The van der Waals surface area contributed by atoms with Crippen molar-refractivity contribution in [1.29, 1.82) is 0 Å². The number of carbonyl (C=O) groups excluding carboxylic acids is 2. The van der Waals surface area contributed by atoms with Gasteiger partial charge in [-0.05, 0) is 30.9 Å². The third-order valence-corrected chi connectivity index (χ3v) is 5.27. The predicted molar refractivity (Wildman–Crippen MR) is 120 cm³/mol. The van der Waals surface area contributed by atoms with Gasteiger partial charge in [0, 0.05) is 0 Å². The summed E-state index contributed by atoms with van der Waals surface area (Å²) in [4.78, 5) is 25.0. The number of alkyl halides is 3. The first-order chi connectivity index (χ1) is 15.2. The highest BCUT2D eigenvalue weighted by Gasteiger charge is 2.35. The van der Waals surface area contributed by atoms with Crippen LogP contribution in [0.15, 0.2) is 24.3 Å². The van der Waals surface area contributed by atoms with E-state index in [9.17, 15) is 22.8 Å². The summed E-state index contributed by atoms with van der Waals surface area (Å²) >= 11 is 0. The highest BCUT2D eigenvalue weighted by Crippen LogP contribution is 2.31. The number of nitrogens with one attached hydrogen (secondary N) is 1. The van der Waals surface area contributed by atoms with E-state index in [1.165, 1.54) is 50.7 Å². The second kappa shape index (κ2) is 14.9. The molecule has 7 heteroatoms. The Morgan fingerprint density at radius 1 is 0.938 bits per heavy atom. The topological polar surface area (TPSA) is 55.4 Å². The molecular formula is C25H38F3NO3. The summed E-state index contributed by atoms with van der Waals surface area (Å²) in [5, 5.41) is 2.45. The van der Waals surface area contributed by atoms with Crippen molar-refractivity contribution in [3.05, 3.63) is 35.4 Å². The van der Waals surface area contributed by atoms with Crippen molar-refractivity contribution >= 4 is 11.9 Å². The summed E-state index contributed by atoms with van der Waals surface area (Å²) < 4.78 is 45.0. The summed E-state index contributed by atoms with van der Waals surface area (Å²) in [5.41, 5.74) is -1.52. The largest absolute Gasteiger partial charge is 0.464 e. The lowest BCUT2D eigenvalue weighted by Gasteiger charge is -2.20. The third kappa shape index (κ3) is 11.0. The van der Waals surface area contributed by atoms with E-state index in [0.29, 0.717) is 0 Å². The van der Waals surface area contributed by atoms with Crippen LogP contribution >= 0.6 is 0 Å². The summed E-state index contributed by atoms with van der Waals surface area (Å²) in [6.07, 6.45) is 5.87. The molecule has 0 radical (unpaired) electrons. The van der Waals surface area contributed by atoms with Crippen molar-refractivity contribution in [3.8, 4) is 0 Å². The van der Waals surface area contributed by atoms with Gasteiger partial charge in [0.15, 0.2) is 0 Å². The molecule has 182 valence electrons. The van der Waals surface area contributed by atoms with Crippen LogP contribution in [-0.2, 0) is 15.7 Å². The van der Waals surface area contributed by atoms with Gasteiger partial charge in [-0.1, -0.05) is 84.3 Å². The zero-order valence-electron chi connectivity index (χ0n) is 19.6. The SMILES string of the molecule is CCCCCCCCCCCOC(=O)C(CC(C)C)NC(=O)c1ccccc1C(F)(F)F. The van der Waals surface area contributed by atoms with E-state index < -0.39 is 35.2 Å². The molecule has 1 N–H and O–H groups in total. The molecule has 1 rings (SSSR count). The van der Waals surface area contributed by atoms with Crippen LogP contribution in [0.3, 0.4) is 0 Å². The predicted octanol–water partition coefficient (Wildman–Crippen LogP) is 6.92. The Bertz CT molecular complexity index is 689. The smallest absolute Gasteiger partial charge is 0.417 e. The number of rotatable bonds is 15. The van der Waals surface area contributed by atoms with Gasteiger partial charge in [-0.3, -0.25) is 4.79 Å². The molecule has 4 nitrogen and oxygen atoms in total. The van der Waals surface area contributed by atoms with Crippen molar-refractivity contribution in [2.75, 3.05) is 6.61 Å². The second-order valence-electron chi connectivity index (χ2n) is 8.69. The van der Waals surface area contributed by atoms with Gasteiger partial charge >= 0.3 is 12.1 Å². The Morgan fingerprint density at radius 2 is 1.50 bits per heavy atom. The molecule has 0 heterocycles. The van der Waals surface area contributed by atoms with Crippen molar-refractivity contribution in [2.45, 2.75) is 97.2 Å². The van der Waals surface area contributed by atoms with Crippen LogP contribution in [0.25, 0.3) is 0 Å². The number of amides is 1. The summed E-state index contributed by atoms with van der Waals surface area (Å²) in [6.45, 7) is 6.19. The van der Waals surface area contributed by atoms with E-state index in [2.05, 4.69) is 12.2 Å². The van der Waals surface area contributed by atoms with Crippen LogP contribution < -0.4 is 5.32 Å². The number of unbranched alkanes of at least 4 members (excludes halogenated alkanes) is 8. The Hall–Kier alpha value is -2.05. The normalized spacial score (nSPS) is 12.6. The Morgan fingerprint density at radius 3 is 2.06 bits per heavy atom. The molecule has 1 unspecified atom stereocenters. The van der Waals surface area contributed by atoms with E-state index in [1.807, 2.05) is 13.8 Å². The molecular weight excluding hydrogens is 419 g/mol. The van der Waals surface area contributed by atoms with E-state index in [1.54, 1.807) is 0 Å². The summed E-state index contributed by atoms with van der Waals surface area (Å²) in [5.74, 6) is -1.47. The lowest BCUT2D eigenvalue weighted by atomic mass is 10.0. The highest BCUT2D eigenvalue weighted by atomic mass is 19.4. The molecule has 0 fully saturated rings. The number of benzene rings is 1. The maximum atomic E-state index is 13.2. The minimum atomic E-state index is -4.65. The standard InChI is InChI=1S/C25H38F3NO3/c1-4-5-6-7-8-9-10-11-14-17-32-24(31)22(18-19(2)3)29-23(30)20-15-12-13-16-21(20)25(26,27)28/h12-13,15-16,19,22H,4-11,14,17-18H2,1-3H3,(H,29,30). The molecule has 0 aliphatic carbocycles. The minimum Gasteiger partial charge on any atom is -0.464 e. The minimum absolute atomic E-state index is 0.0541. The molecule has 32 heavy (non-hydrogen) atoms. The maximum absolute atomic E-state index is 13.2. The number of carbonyl (C=O) groups is 2. The first-order valence-electron chi connectivity index (χ1n) is 11.8. The van der Waals surface area contributed by atoms with E-state index in [-0.39, 0.29) is 18.9 Å². The zero-order chi connectivity index (χ0) is 24.0. The van der Waals surface area contributed by atoms with E-state index in [0.717, 1.165) is 31.4 Å². The first-order valence-corrected chi connectivity index (χ1v) is 11.8. The summed E-state index contributed by atoms with van der Waals surface area (Å²) in [6, 6.07) is 3.57.